The number of carboxylic acids is 1. The van der Waals surface area contributed by atoms with Crippen molar-refractivity contribution in [3.8, 4) is 10.6 Å². The fourth-order valence-electron chi connectivity index (χ4n) is 3.71. The van der Waals surface area contributed by atoms with Crippen LogP contribution < -0.4 is 5.32 Å². The fraction of sp³-hybridized carbons (Fsp3) is 0.192. The van der Waals surface area contributed by atoms with Gasteiger partial charge in [-0.15, -0.1) is 0 Å². The first kappa shape index (κ1) is 21.4. The average Bonchev–Trinajstić information content (AvgIpc) is 3.51. The molecule has 33 heavy (non-hydrogen) atoms. The van der Waals surface area contributed by atoms with Crippen LogP contribution in [0, 0.1) is 5.82 Å². The molecule has 2 aromatic carbocycles. The number of benzene rings is 2. The van der Waals surface area contributed by atoms with E-state index in [2.05, 4.69) is 34.6 Å². The van der Waals surface area contributed by atoms with E-state index in [-0.39, 0.29) is 12.0 Å². The molecule has 0 saturated heterocycles. The fourth-order valence-corrected chi connectivity index (χ4v) is 4.68. The number of hydrogen-bond acceptors (Lipinski definition) is 5. The zero-order valence-electron chi connectivity index (χ0n) is 18.2. The second kappa shape index (κ2) is 7.86. The molecule has 0 aliphatic heterocycles. The number of hydrogen-bond donors (Lipinski definition) is 2. The molecule has 7 heteroatoms. The molecule has 0 spiro atoms. The van der Waals surface area contributed by atoms with Gasteiger partial charge in [0, 0.05) is 12.1 Å². The average molecular weight is 460 g/mol. The molecule has 1 aliphatic rings. The van der Waals surface area contributed by atoms with Crippen LogP contribution >= 0.6 is 11.3 Å². The van der Waals surface area contributed by atoms with Gasteiger partial charge in [-0.2, -0.15) is 0 Å². The largest absolute Gasteiger partial charge is 0.480 e. The van der Waals surface area contributed by atoms with E-state index in [0.717, 1.165) is 16.0 Å². The molecule has 0 amide bonds. The van der Waals surface area contributed by atoms with Crippen LogP contribution in [0.3, 0.4) is 0 Å². The van der Waals surface area contributed by atoms with Gasteiger partial charge in [-0.1, -0.05) is 59.9 Å². The Bertz CT molecular complexity index is 1390. The highest BCUT2D eigenvalue weighted by atomic mass is 32.1. The van der Waals surface area contributed by atoms with Gasteiger partial charge in [0.25, 0.3) is 0 Å². The monoisotopic (exact) mass is 459 g/mol. The van der Waals surface area contributed by atoms with Gasteiger partial charge in [-0.05, 0) is 49.2 Å². The quantitative estimate of drug-likeness (QED) is 0.367. The van der Waals surface area contributed by atoms with E-state index >= 15 is 0 Å². The number of allylic oxidation sites excluding steroid dienone is 2. The number of thiazole rings is 1. The van der Waals surface area contributed by atoms with Gasteiger partial charge in [0.05, 0.1) is 11.1 Å². The summed E-state index contributed by atoms with van der Waals surface area (Å²) in [6, 6.07) is 19.0. The van der Waals surface area contributed by atoms with E-state index < -0.39 is 17.3 Å². The molecule has 166 valence electrons. The van der Waals surface area contributed by atoms with Crippen molar-refractivity contribution in [2.45, 2.75) is 31.3 Å². The third-order valence-electron chi connectivity index (χ3n) is 5.96. The Morgan fingerprint density at radius 3 is 2.52 bits per heavy atom. The Morgan fingerprint density at radius 1 is 1.09 bits per heavy atom. The highest BCUT2D eigenvalue weighted by Crippen LogP contribution is 2.45. The number of aromatic nitrogens is 2. The maximum atomic E-state index is 14.9. The topological polar surface area (TPSA) is 75.1 Å². The number of fused-ring (bicyclic) bond motifs is 1. The molecule has 0 radical (unpaired) electrons. The summed E-state index contributed by atoms with van der Waals surface area (Å²) in [7, 11) is 0. The number of nitrogens with one attached hydrogen (secondary N) is 1. The second-order valence-electron chi connectivity index (χ2n) is 8.71. The van der Waals surface area contributed by atoms with Crippen molar-refractivity contribution < 1.29 is 14.3 Å². The summed E-state index contributed by atoms with van der Waals surface area (Å²) in [5, 5.41) is 12.7. The minimum Gasteiger partial charge on any atom is -0.480 e. The molecule has 0 unspecified atom stereocenters. The third-order valence-corrected chi connectivity index (χ3v) is 6.96. The van der Waals surface area contributed by atoms with Crippen LogP contribution in [-0.2, 0) is 16.8 Å². The Balaban J connectivity index is 1.41. The van der Waals surface area contributed by atoms with Crippen LogP contribution in [0.5, 0.6) is 0 Å². The van der Waals surface area contributed by atoms with Crippen molar-refractivity contribution in [1.29, 1.82) is 0 Å². The van der Waals surface area contributed by atoms with Crippen LogP contribution in [-0.4, -0.2) is 26.6 Å². The number of carboxylic acid groups (broad SMARTS) is 1. The minimum absolute atomic E-state index is 0.246. The van der Waals surface area contributed by atoms with Crippen LogP contribution in [0.15, 0.2) is 72.8 Å². The molecule has 2 N–H and O–H groups in total. The van der Waals surface area contributed by atoms with Crippen molar-refractivity contribution in [2.24, 2.45) is 0 Å². The lowest BCUT2D eigenvalue weighted by molar-refractivity contribution is -0.143. The Morgan fingerprint density at radius 2 is 1.85 bits per heavy atom. The normalized spacial score (nSPS) is 14.5. The van der Waals surface area contributed by atoms with Crippen molar-refractivity contribution in [2.75, 3.05) is 0 Å². The Kier molecular flexibility index (Phi) is 5.11. The van der Waals surface area contributed by atoms with Gasteiger partial charge < -0.3 is 5.11 Å². The number of nitrogens with zero attached hydrogens (tertiary/aromatic N) is 2. The van der Waals surface area contributed by atoms with Crippen LogP contribution in [0.4, 0.5) is 4.39 Å². The molecule has 0 bridgehead atoms. The summed E-state index contributed by atoms with van der Waals surface area (Å²) in [4.78, 5) is 21.5. The third kappa shape index (κ3) is 3.94. The molecule has 0 fully saturated rings. The highest BCUT2D eigenvalue weighted by molar-refractivity contribution is 7.21. The SMILES string of the molecule is CC(C)(NCc1ccc(-c2nc3ccc(C4(c5ccccc5)C=C4)nc3s2)c(F)c1)C(=O)O. The van der Waals surface area contributed by atoms with E-state index in [0.29, 0.717) is 16.1 Å². The molecule has 0 atom stereocenters. The van der Waals surface area contributed by atoms with Gasteiger partial charge in [-0.3, -0.25) is 10.1 Å². The lowest BCUT2D eigenvalue weighted by Gasteiger charge is -2.21. The van der Waals surface area contributed by atoms with E-state index in [1.165, 1.54) is 23.0 Å². The summed E-state index contributed by atoms with van der Waals surface area (Å²) in [5.41, 5.74) is 2.53. The van der Waals surface area contributed by atoms with Crippen molar-refractivity contribution in [3.63, 3.8) is 0 Å². The van der Waals surface area contributed by atoms with Gasteiger partial charge in [0.1, 0.15) is 26.7 Å². The maximum absolute atomic E-state index is 14.9. The molecule has 1 aliphatic carbocycles. The van der Waals surface area contributed by atoms with E-state index in [9.17, 15) is 14.3 Å². The lowest BCUT2D eigenvalue weighted by Crippen LogP contribution is -2.46. The first-order chi connectivity index (χ1) is 15.8. The summed E-state index contributed by atoms with van der Waals surface area (Å²) in [6.07, 6.45) is 4.27. The first-order valence-corrected chi connectivity index (χ1v) is 11.4. The highest BCUT2D eigenvalue weighted by Gasteiger charge is 2.39. The molecule has 4 aromatic rings. The number of halogens is 1. The smallest absolute Gasteiger partial charge is 0.323 e. The molecule has 2 heterocycles. The van der Waals surface area contributed by atoms with Gasteiger partial charge >= 0.3 is 5.97 Å². The van der Waals surface area contributed by atoms with E-state index in [4.69, 9.17) is 4.98 Å². The van der Waals surface area contributed by atoms with Crippen LogP contribution in [0.2, 0.25) is 0 Å². The Hall–Kier alpha value is -3.42. The van der Waals surface area contributed by atoms with Crippen LogP contribution in [0.25, 0.3) is 20.9 Å². The molecular weight excluding hydrogens is 437 g/mol. The van der Waals surface area contributed by atoms with Gasteiger partial charge in [-0.25, -0.2) is 14.4 Å². The van der Waals surface area contributed by atoms with E-state index in [1.807, 2.05) is 30.3 Å². The van der Waals surface area contributed by atoms with Crippen molar-refractivity contribution in [1.82, 2.24) is 15.3 Å². The maximum Gasteiger partial charge on any atom is 0.323 e. The predicted molar refractivity (Wildman–Crippen MR) is 128 cm³/mol. The molecule has 0 saturated carbocycles. The zero-order chi connectivity index (χ0) is 23.2. The molecule has 2 aromatic heterocycles. The second-order valence-corrected chi connectivity index (χ2v) is 9.68. The van der Waals surface area contributed by atoms with Crippen molar-refractivity contribution in [3.05, 3.63) is 95.5 Å². The number of aliphatic carboxylic acids is 1. The Labute approximate surface area is 194 Å². The predicted octanol–water partition coefficient (Wildman–Crippen LogP) is 5.31. The van der Waals surface area contributed by atoms with Gasteiger partial charge in [0.15, 0.2) is 0 Å². The summed E-state index contributed by atoms with van der Waals surface area (Å²) in [5.74, 6) is -1.36. The minimum atomic E-state index is -1.10. The van der Waals surface area contributed by atoms with Gasteiger partial charge in [0.2, 0.25) is 0 Å². The summed E-state index contributed by atoms with van der Waals surface area (Å²) < 4.78 is 14.9. The summed E-state index contributed by atoms with van der Waals surface area (Å²) in [6.45, 7) is 3.39. The van der Waals surface area contributed by atoms with E-state index in [1.54, 1.807) is 26.0 Å². The first-order valence-electron chi connectivity index (χ1n) is 10.6. The number of rotatable bonds is 7. The zero-order valence-corrected chi connectivity index (χ0v) is 19.0. The number of pyridine rings is 1. The number of carbonyl (C=O) groups is 1. The molecule has 5 nitrogen and oxygen atoms in total. The summed E-state index contributed by atoms with van der Waals surface area (Å²) >= 11 is 1.36. The lowest BCUT2D eigenvalue weighted by atomic mass is 9.89. The molecular formula is C26H22FN3O2S. The molecule has 5 rings (SSSR count). The van der Waals surface area contributed by atoms with Crippen molar-refractivity contribution >= 4 is 27.7 Å². The van der Waals surface area contributed by atoms with Crippen LogP contribution in [0.1, 0.15) is 30.7 Å². The standard InChI is InChI=1S/C26H22FN3O2S/c1-25(2,24(31)32)28-15-16-8-9-18(19(27)14-16)22-29-20-10-11-21(30-23(20)33-22)26(12-13-26)17-6-4-3-5-7-17/h3-14,28H,15H2,1-2H3,(H,31,32).